The van der Waals surface area contributed by atoms with Crippen molar-refractivity contribution in [3.8, 4) is 0 Å². The SMILES string of the molecule is CC(=O)Nc1sc(S(=O)O)cc1C(N)=O. The van der Waals surface area contributed by atoms with Gasteiger partial charge in [0.05, 0.1) is 5.56 Å². The van der Waals surface area contributed by atoms with Crippen LogP contribution in [0.2, 0.25) is 0 Å². The Balaban J connectivity index is 3.17. The molecule has 82 valence electrons. The number of carbonyl (C=O) groups excluding carboxylic acids is 2. The van der Waals surface area contributed by atoms with E-state index in [0.717, 1.165) is 11.3 Å². The Hall–Kier alpha value is -1.25. The van der Waals surface area contributed by atoms with Gasteiger partial charge in [-0.15, -0.1) is 11.3 Å². The van der Waals surface area contributed by atoms with Crippen LogP contribution in [-0.2, 0) is 15.9 Å². The van der Waals surface area contributed by atoms with Gasteiger partial charge in [0.2, 0.25) is 5.91 Å². The van der Waals surface area contributed by atoms with E-state index in [-0.39, 0.29) is 20.7 Å². The van der Waals surface area contributed by atoms with Gasteiger partial charge in [-0.1, -0.05) is 0 Å². The average Bonchev–Trinajstić information content (AvgIpc) is 2.46. The third kappa shape index (κ3) is 2.85. The van der Waals surface area contributed by atoms with E-state index in [1.165, 1.54) is 13.0 Å². The number of rotatable bonds is 3. The Morgan fingerprint density at radius 1 is 1.60 bits per heavy atom. The molecule has 15 heavy (non-hydrogen) atoms. The smallest absolute Gasteiger partial charge is 0.251 e. The first-order chi connectivity index (χ1) is 6.91. The van der Waals surface area contributed by atoms with Crippen LogP contribution in [0.25, 0.3) is 0 Å². The maximum absolute atomic E-state index is 10.9. The molecule has 4 N–H and O–H groups in total. The van der Waals surface area contributed by atoms with E-state index < -0.39 is 17.0 Å². The molecule has 0 saturated heterocycles. The number of primary amides is 1. The summed E-state index contributed by atoms with van der Waals surface area (Å²) < 4.78 is 19.6. The van der Waals surface area contributed by atoms with Crippen LogP contribution < -0.4 is 11.1 Å². The summed E-state index contributed by atoms with van der Waals surface area (Å²) in [5.41, 5.74) is 5.07. The number of nitrogens with one attached hydrogen (secondary N) is 1. The van der Waals surface area contributed by atoms with Crippen molar-refractivity contribution in [1.29, 1.82) is 0 Å². The monoisotopic (exact) mass is 248 g/mol. The van der Waals surface area contributed by atoms with E-state index >= 15 is 0 Å². The zero-order valence-electron chi connectivity index (χ0n) is 7.64. The van der Waals surface area contributed by atoms with E-state index in [1.54, 1.807) is 0 Å². The molecule has 1 atom stereocenters. The van der Waals surface area contributed by atoms with Crippen LogP contribution >= 0.6 is 11.3 Å². The van der Waals surface area contributed by atoms with Gasteiger partial charge < -0.3 is 15.6 Å². The van der Waals surface area contributed by atoms with Crippen molar-refractivity contribution in [3.05, 3.63) is 11.6 Å². The first-order valence-electron chi connectivity index (χ1n) is 3.74. The van der Waals surface area contributed by atoms with Crippen molar-refractivity contribution in [2.75, 3.05) is 5.32 Å². The van der Waals surface area contributed by atoms with Crippen molar-refractivity contribution < 1.29 is 18.4 Å². The molecule has 1 aromatic rings. The summed E-state index contributed by atoms with van der Waals surface area (Å²) >= 11 is -1.35. The van der Waals surface area contributed by atoms with Crippen LogP contribution in [0.15, 0.2) is 10.3 Å². The number of amides is 2. The first kappa shape index (κ1) is 11.8. The van der Waals surface area contributed by atoms with Gasteiger partial charge in [0.15, 0.2) is 11.1 Å². The molecule has 8 heteroatoms. The fraction of sp³-hybridized carbons (Fsp3) is 0.143. The molecular formula is C7H8N2O4S2. The highest BCUT2D eigenvalue weighted by Crippen LogP contribution is 2.29. The van der Waals surface area contributed by atoms with Gasteiger partial charge in [0.1, 0.15) is 9.21 Å². The van der Waals surface area contributed by atoms with Crippen molar-refractivity contribution in [2.24, 2.45) is 5.73 Å². The summed E-state index contributed by atoms with van der Waals surface area (Å²) in [5.74, 6) is -1.14. The normalized spacial score (nSPS) is 12.1. The number of thiophene rings is 1. The van der Waals surface area contributed by atoms with Gasteiger partial charge in [-0.05, 0) is 6.07 Å². The summed E-state index contributed by atoms with van der Waals surface area (Å²) in [7, 11) is 0. The molecule has 0 aromatic carbocycles. The van der Waals surface area contributed by atoms with Gasteiger partial charge in [-0.2, -0.15) is 0 Å². The number of carbonyl (C=O) groups is 2. The molecular weight excluding hydrogens is 240 g/mol. The summed E-state index contributed by atoms with van der Waals surface area (Å²) in [6.45, 7) is 1.26. The highest BCUT2D eigenvalue weighted by atomic mass is 32.2. The molecule has 1 aromatic heterocycles. The third-order valence-corrected chi connectivity index (χ3v) is 3.42. The predicted molar refractivity (Wildman–Crippen MR) is 56.2 cm³/mol. The van der Waals surface area contributed by atoms with Crippen LogP contribution in [0.5, 0.6) is 0 Å². The Labute approximate surface area is 91.8 Å². The van der Waals surface area contributed by atoms with Gasteiger partial charge in [0.25, 0.3) is 5.91 Å². The number of anilines is 1. The summed E-state index contributed by atoms with van der Waals surface area (Å²) in [6.07, 6.45) is 0. The van der Waals surface area contributed by atoms with Crippen molar-refractivity contribution in [1.82, 2.24) is 0 Å². The second kappa shape index (κ2) is 4.51. The van der Waals surface area contributed by atoms with E-state index in [9.17, 15) is 13.8 Å². The van der Waals surface area contributed by atoms with Gasteiger partial charge in [0, 0.05) is 6.92 Å². The molecule has 0 radical (unpaired) electrons. The lowest BCUT2D eigenvalue weighted by Crippen LogP contribution is -2.14. The number of nitrogens with two attached hydrogens (primary N) is 1. The second-order valence-corrected chi connectivity index (χ2v) is 4.85. The van der Waals surface area contributed by atoms with Crippen molar-refractivity contribution in [3.63, 3.8) is 0 Å². The quantitative estimate of drug-likeness (QED) is 0.672. The molecule has 2 amide bonds. The number of hydrogen-bond donors (Lipinski definition) is 3. The maximum Gasteiger partial charge on any atom is 0.251 e. The Bertz CT molecular complexity index is 440. The van der Waals surface area contributed by atoms with E-state index in [0.29, 0.717) is 0 Å². The fourth-order valence-corrected chi connectivity index (χ4v) is 2.49. The highest BCUT2D eigenvalue weighted by molar-refractivity contribution is 7.82. The predicted octanol–water partition coefficient (Wildman–Crippen LogP) is 0.386. The molecule has 0 spiro atoms. The standard InChI is InChI=1S/C7H8N2O4S2/c1-3(10)9-7-4(6(8)11)2-5(14-7)15(12)13/h2H,1H3,(H2,8,11)(H,9,10)(H,12,13). The molecule has 0 saturated carbocycles. The highest BCUT2D eigenvalue weighted by Gasteiger charge is 2.16. The van der Waals surface area contributed by atoms with Crippen LogP contribution in [0, 0.1) is 0 Å². The largest absolute Gasteiger partial charge is 0.366 e. The van der Waals surface area contributed by atoms with E-state index in [1.807, 2.05) is 0 Å². The molecule has 0 aliphatic carbocycles. The Kier molecular flexibility index (Phi) is 3.56. The lowest BCUT2D eigenvalue weighted by atomic mass is 10.3. The molecule has 0 bridgehead atoms. The molecule has 0 aliphatic heterocycles. The molecule has 1 unspecified atom stereocenters. The lowest BCUT2D eigenvalue weighted by Gasteiger charge is -1.98. The van der Waals surface area contributed by atoms with Crippen LogP contribution in [0.3, 0.4) is 0 Å². The lowest BCUT2D eigenvalue weighted by molar-refractivity contribution is -0.114. The Morgan fingerprint density at radius 3 is 2.60 bits per heavy atom. The van der Waals surface area contributed by atoms with E-state index in [4.69, 9.17) is 10.3 Å². The zero-order valence-corrected chi connectivity index (χ0v) is 9.28. The molecule has 1 heterocycles. The second-order valence-electron chi connectivity index (χ2n) is 2.60. The minimum atomic E-state index is -2.19. The zero-order chi connectivity index (χ0) is 11.6. The van der Waals surface area contributed by atoms with Crippen LogP contribution in [-0.4, -0.2) is 20.6 Å². The van der Waals surface area contributed by atoms with Gasteiger partial charge >= 0.3 is 0 Å². The summed E-state index contributed by atoms with van der Waals surface area (Å²) in [5, 5.41) is 2.55. The van der Waals surface area contributed by atoms with Crippen molar-refractivity contribution >= 4 is 39.2 Å². The topological polar surface area (TPSA) is 109 Å². The first-order valence-corrected chi connectivity index (χ1v) is 5.66. The van der Waals surface area contributed by atoms with Crippen molar-refractivity contribution in [2.45, 2.75) is 11.1 Å². The molecule has 0 fully saturated rings. The van der Waals surface area contributed by atoms with Gasteiger partial charge in [-0.3, -0.25) is 9.59 Å². The minimum absolute atomic E-state index is 0.0348. The maximum atomic E-state index is 10.9. The van der Waals surface area contributed by atoms with Gasteiger partial charge in [-0.25, -0.2) is 4.21 Å². The fourth-order valence-electron chi connectivity index (χ4n) is 0.890. The Morgan fingerprint density at radius 2 is 2.20 bits per heavy atom. The molecule has 0 aliphatic rings. The van der Waals surface area contributed by atoms with Crippen LogP contribution in [0.4, 0.5) is 5.00 Å². The third-order valence-electron chi connectivity index (χ3n) is 1.44. The molecule has 1 rings (SSSR count). The number of hydrogen-bond acceptors (Lipinski definition) is 4. The molecule has 6 nitrogen and oxygen atoms in total. The minimum Gasteiger partial charge on any atom is -0.366 e. The summed E-state index contributed by atoms with van der Waals surface area (Å²) in [4.78, 5) is 21.7. The van der Waals surface area contributed by atoms with Crippen LogP contribution in [0.1, 0.15) is 17.3 Å². The average molecular weight is 248 g/mol. The van der Waals surface area contributed by atoms with E-state index in [2.05, 4.69) is 5.32 Å². The summed E-state index contributed by atoms with van der Waals surface area (Å²) in [6, 6.07) is 1.19.